The summed E-state index contributed by atoms with van der Waals surface area (Å²) in [5.74, 6) is -1.09. The van der Waals surface area contributed by atoms with Crippen LogP contribution in [0.4, 0.5) is 10.1 Å². The Labute approximate surface area is 249 Å². The smallest absolute Gasteiger partial charge is 0.264 e. The number of carbonyl (C=O) groups is 2. The minimum absolute atomic E-state index is 0.000110. The summed E-state index contributed by atoms with van der Waals surface area (Å²) in [6, 6.07) is 18.4. The minimum atomic E-state index is -4.16. The Hall–Kier alpha value is -3.72. The maximum atomic E-state index is 14.1. The van der Waals surface area contributed by atoms with Gasteiger partial charge in [-0.1, -0.05) is 62.7 Å². The molecule has 0 aliphatic rings. The van der Waals surface area contributed by atoms with E-state index in [2.05, 4.69) is 5.32 Å². The van der Waals surface area contributed by atoms with Gasteiger partial charge in [-0.2, -0.15) is 0 Å². The van der Waals surface area contributed by atoms with Crippen molar-refractivity contribution in [3.63, 3.8) is 0 Å². The van der Waals surface area contributed by atoms with Crippen molar-refractivity contribution >= 4 is 27.5 Å². The SMILES string of the molecule is CC[C@H](C(=O)NC(C)(C)C)N(Cc1ccc(F)cc1)C(=O)CN(c1ccc(C(C)C)cc1)S(=O)(=O)c1ccc(C)cc1. The molecular formula is C33H42FN3O4S. The molecule has 226 valence electrons. The Morgan fingerprint density at radius 1 is 0.905 bits per heavy atom. The van der Waals surface area contributed by atoms with Gasteiger partial charge in [0.25, 0.3) is 10.0 Å². The number of halogens is 1. The fraction of sp³-hybridized carbons (Fsp3) is 0.394. The van der Waals surface area contributed by atoms with E-state index in [0.29, 0.717) is 17.7 Å². The second-order valence-electron chi connectivity index (χ2n) is 11.9. The van der Waals surface area contributed by atoms with E-state index >= 15 is 0 Å². The molecule has 0 aromatic heterocycles. The Balaban J connectivity index is 2.08. The van der Waals surface area contributed by atoms with Crippen LogP contribution in [0.1, 0.15) is 70.6 Å². The highest BCUT2D eigenvalue weighted by molar-refractivity contribution is 7.92. The van der Waals surface area contributed by atoms with Crippen LogP contribution in [-0.2, 0) is 26.2 Å². The summed E-state index contributed by atoms with van der Waals surface area (Å²) in [4.78, 5) is 29.0. The molecule has 0 radical (unpaired) electrons. The maximum absolute atomic E-state index is 14.1. The zero-order chi connectivity index (χ0) is 31.2. The number of aryl methyl sites for hydroxylation is 1. The lowest BCUT2D eigenvalue weighted by molar-refractivity contribution is -0.141. The Morgan fingerprint density at radius 3 is 1.98 bits per heavy atom. The van der Waals surface area contributed by atoms with Crippen LogP contribution in [0.25, 0.3) is 0 Å². The third kappa shape index (κ3) is 8.41. The van der Waals surface area contributed by atoms with Gasteiger partial charge in [-0.05, 0) is 87.6 Å². The highest BCUT2D eigenvalue weighted by Crippen LogP contribution is 2.27. The topological polar surface area (TPSA) is 86.8 Å². The zero-order valence-electron chi connectivity index (χ0n) is 25.5. The molecule has 9 heteroatoms. The number of benzene rings is 3. The number of anilines is 1. The average Bonchev–Trinajstić information content (AvgIpc) is 2.91. The molecule has 2 amide bonds. The van der Waals surface area contributed by atoms with Gasteiger partial charge in [0.1, 0.15) is 18.4 Å². The number of carbonyl (C=O) groups excluding carboxylic acids is 2. The van der Waals surface area contributed by atoms with E-state index in [1.807, 2.05) is 53.7 Å². The standard InChI is InChI=1S/C33H42FN3O4S/c1-8-30(32(39)35-33(5,6)7)36(21-25-11-15-27(34)16-12-25)31(38)22-37(28-17-13-26(14-18-28)23(2)3)42(40,41)29-19-9-24(4)10-20-29/h9-20,23,30H,8,21-22H2,1-7H3,(H,35,39)/t30-/m1/s1. The van der Waals surface area contributed by atoms with Crippen LogP contribution in [0.2, 0.25) is 0 Å². The molecule has 0 fully saturated rings. The fourth-order valence-corrected chi connectivity index (χ4v) is 5.96. The van der Waals surface area contributed by atoms with Crippen LogP contribution in [0.5, 0.6) is 0 Å². The van der Waals surface area contributed by atoms with Crippen LogP contribution in [0, 0.1) is 12.7 Å². The van der Waals surface area contributed by atoms with Gasteiger partial charge in [0, 0.05) is 12.1 Å². The number of hydrogen-bond donors (Lipinski definition) is 1. The highest BCUT2D eigenvalue weighted by Gasteiger charge is 2.34. The van der Waals surface area contributed by atoms with Crippen molar-refractivity contribution in [2.45, 2.75) is 83.8 Å². The highest BCUT2D eigenvalue weighted by atomic mass is 32.2. The van der Waals surface area contributed by atoms with E-state index in [0.717, 1.165) is 15.4 Å². The number of nitrogens with one attached hydrogen (secondary N) is 1. The van der Waals surface area contributed by atoms with Crippen molar-refractivity contribution in [2.24, 2.45) is 0 Å². The number of hydrogen-bond acceptors (Lipinski definition) is 4. The molecule has 0 aliphatic carbocycles. The summed E-state index contributed by atoms with van der Waals surface area (Å²) in [5.41, 5.74) is 2.33. The largest absolute Gasteiger partial charge is 0.350 e. The Bertz CT molecular complexity index is 1460. The van der Waals surface area contributed by atoms with Crippen molar-refractivity contribution in [3.8, 4) is 0 Å². The lowest BCUT2D eigenvalue weighted by atomic mass is 10.0. The van der Waals surface area contributed by atoms with Crippen LogP contribution in [0.15, 0.2) is 77.7 Å². The van der Waals surface area contributed by atoms with Crippen molar-refractivity contribution in [2.75, 3.05) is 10.8 Å². The first-order valence-electron chi connectivity index (χ1n) is 14.2. The van der Waals surface area contributed by atoms with Crippen LogP contribution < -0.4 is 9.62 Å². The first-order valence-corrected chi connectivity index (χ1v) is 15.6. The molecule has 0 bridgehead atoms. The average molecular weight is 596 g/mol. The van der Waals surface area contributed by atoms with Gasteiger partial charge < -0.3 is 10.2 Å². The molecule has 0 saturated heterocycles. The molecule has 7 nitrogen and oxygen atoms in total. The van der Waals surface area contributed by atoms with E-state index in [-0.39, 0.29) is 23.3 Å². The molecule has 0 aliphatic heterocycles. The summed E-state index contributed by atoms with van der Waals surface area (Å²) in [6.07, 6.45) is 0.294. The van der Waals surface area contributed by atoms with E-state index in [9.17, 15) is 22.4 Å². The van der Waals surface area contributed by atoms with Gasteiger partial charge in [0.15, 0.2) is 0 Å². The predicted molar refractivity (Wildman–Crippen MR) is 165 cm³/mol. The van der Waals surface area contributed by atoms with E-state index in [4.69, 9.17) is 0 Å². The molecule has 0 spiro atoms. The summed E-state index contributed by atoms with van der Waals surface area (Å²) in [6.45, 7) is 12.8. The van der Waals surface area contributed by atoms with Crippen molar-refractivity contribution in [3.05, 3.63) is 95.3 Å². The lowest BCUT2D eigenvalue weighted by Crippen LogP contribution is -2.55. The second-order valence-corrected chi connectivity index (χ2v) is 13.7. The van der Waals surface area contributed by atoms with Gasteiger partial charge in [0.2, 0.25) is 11.8 Å². The summed E-state index contributed by atoms with van der Waals surface area (Å²) in [7, 11) is -4.16. The number of amides is 2. The third-order valence-electron chi connectivity index (χ3n) is 6.89. The van der Waals surface area contributed by atoms with Gasteiger partial charge in [-0.15, -0.1) is 0 Å². The number of sulfonamides is 1. The monoisotopic (exact) mass is 595 g/mol. The molecule has 3 aromatic carbocycles. The molecule has 0 unspecified atom stereocenters. The van der Waals surface area contributed by atoms with Crippen LogP contribution in [0.3, 0.4) is 0 Å². The lowest BCUT2D eigenvalue weighted by Gasteiger charge is -2.34. The van der Waals surface area contributed by atoms with Crippen molar-refractivity contribution < 1.29 is 22.4 Å². The minimum Gasteiger partial charge on any atom is -0.350 e. The first kappa shape index (κ1) is 32.8. The quantitative estimate of drug-likeness (QED) is 0.287. The Kier molecular flexibility index (Phi) is 10.5. The van der Waals surface area contributed by atoms with Crippen molar-refractivity contribution in [1.29, 1.82) is 0 Å². The van der Waals surface area contributed by atoms with Crippen molar-refractivity contribution in [1.82, 2.24) is 10.2 Å². The molecule has 42 heavy (non-hydrogen) atoms. The molecule has 0 saturated carbocycles. The maximum Gasteiger partial charge on any atom is 0.264 e. The van der Waals surface area contributed by atoms with E-state index < -0.39 is 39.9 Å². The molecular weight excluding hydrogens is 553 g/mol. The van der Waals surface area contributed by atoms with E-state index in [1.54, 1.807) is 43.3 Å². The number of nitrogens with zero attached hydrogens (tertiary/aromatic N) is 2. The van der Waals surface area contributed by atoms with Gasteiger partial charge >= 0.3 is 0 Å². The normalized spacial score (nSPS) is 12.6. The molecule has 3 rings (SSSR count). The van der Waals surface area contributed by atoms with Gasteiger partial charge in [-0.3, -0.25) is 13.9 Å². The molecule has 0 heterocycles. The summed E-state index contributed by atoms with van der Waals surface area (Å²) < 4.78 is 42.8. The number of rotatable bonds is 11. The predicted octanol–water partition coefficient (Wildman–Crippen LogP) is 6.17. The van der Waals surface area contributed by atoms with Crippen LogP contribution in [-0.4, -0.2) is 43.3 Å². The first-order chi connectivity index (χ1) is 19.6. The van der Waals surface area contributed by atoms with Crippen LogP contribution >= 0.6 is 0 Å². The van der Waals surface area contributed by atoms with E-state index in [1.165, 1.54) is 29.2 Å². The summed E-state index contributed by atoms with van der Waals surface area (Å²) in [5, 5.41) is 2.94. The van der Waals surface area contributed by atoms with Gasteiger partial charge in [0.05, 0.1) is 10.6 Å². The Morgan fingerprint density at radius 2 is 1.48 bits per heavy atom. The molecule has 3 aromatic rings. The third-order valence-corrected chi connectivity index (χ3v) is 8.67. The fourth-order valence-electron chi connectivity index (χ4n) is 4.55. The van der Waals surface area contributed by atoms with Gasteiger partial charge in [-0.25, -0.2) is 12.8 Å². The zero-order valence-corrected chi connectivity index (χ0v) is 26.3. The second kappa shape index (κ2) is 13.5. The molecule has 1 atom stereocenters. The summed E-state index contributed by atoms with van der Waals surface area (Å²) >= 11 is 0. The molecule has 1 N–H and O–H groups in total.